The predicted octanol–water partition coefficient (Wildman–Crippen LogP) is 0.742. The van der Waals surface area contributed by atoms with Crippen LogP contribution < -0.4 is 21.3 Å². The summed E-state index contributed by atoms with van der Waals surface area (Å²) in [5.41, 5.74) is 2.06. The highest BCUT2D eigenvalue weighted by Gasteiger charge is 2.36. The van der Waals surface area contributed by atoms with Crippen molar-refractivity contribution in [2.24, 2.45) is 11.3 Å². The van der Waals surface area contributed by atoms with E-state index in [1.165, 1.54) is 12.5 Å². The lowest BCUT2D eigenvalue weighted by atomic mass is 9.75. The third-order valence-electron chi connectivity index (χ3n) is 7.78. The average molecular weight is 550 g/mol. The molecule has 2 aliphatic rings. The third-order valence-corrected chi connectivity index (χ3v) is 8.42. The van der Waals surface area contributed by atoms with Crippen LogP contribution in [0.4, 0.5) is 0 Å². The third kappa shape index (κ3) is 7.79. The van der Waals surface area contributed by atoms with Gasteiger partial charge in [0.05, 0.1) is 24.9 Å². The summed E-state index contributed by atoms with van der Waals surface area (Å²) in [5, 5.41) is 30.2. The lowest BCUT2D eigenvalue weighted by Crippen LogP contribution is -2.59. The zero-order valence-corrected chi connectivity index (χ0v) is 23.9. The fourth-order valence-corrected chi connectivity index (χ4v) is 5.56. The minimum Gasteiger partial charge on any atom is -0.391 e. The summed E-state index contributed by atoms with van der Waals surface area (Å²) in [7, 11) is 0. The molecule has 0 aromatic carbocycles. The van der Waals surface area contributed by atoms with E-state index in [2.05, 4.69) is 51.5 Å². The van der Waals surface area contributed by atoms with Crippen molar-refractivity contribution in [1.82, 2.24) is 36.3 Å². The molecule has 4 bridgehead atoms. The molecular weight excluding hydrogens is 506 g/mol. The van der Waals surface area contributed by atoms with Gasteiger partial charge in [0.25, 0.3) is 0 Å². The van der Waals surface area contributed by atoms with Gasteiger partial charge in [-0.05, 0) is 69.4 Å². The maximum Gasteiger partial charge on any atom is 0.245 e. The molecule has 212 valence electrons. The Kier molecular flexibility index (Phi) is 10.8. The van der Waals surface area contributed by atoms with Crippen molar-refractivity contribution in [1.29, 1.82) is 0 Å². The Morgan fingerprint density at radius 1 is 1.21 bits per heavy atom. The van der Waals surface area contributed by atoms with E-state index in [4.69, 9.17) is 0 Å². The number of aliphatic hydroxyl groups is 1. The second kappa shape index (κ2) is 13.6. The molecule has 0 saturated heterocycles. The Hall–Kier alpha value is -2.44. The van der Waals surface area contributed by atoms with Gasteiger partial charge in [0, 0.05) is 6.54 Å². The van der Waals surface area contributed by atoms with Crippen LogP contribution in [0.2, 0.25) is 0 Å². The van der Waals surface area contributed by atoms with E-state index in [9.17, 15) is 19.5 Å². The van der Waals surface area contributed by atoms with E-state index in [-0.39, 0.29) is 23.8 Å². The second-order valence-corrected chi connectivity index (χ2v) is 11.8. The molecule has 3 amide bonds. The Morgan fingerprint density at radius 2 is 1.97 bits per heavy atom. The number of carbonyl (C=O) groups excluding carboxylic acids is 3. The molecule has 0 saturated carbocycles. The van der Waals surface area contributed by atoms with Crippen LogP contribution in [-0.4, -0.2) is 80.6 Å². The zero-order valence-electron chi connectivity index (χ0n) is 23.1. The SMILES string of the molecule is CSCC[C@@H]1NC(=O)[C@H]([C@@H](C)O)NC(=O)[C@H](C)NCC[C@H]2CC=C(CCn3cc(nn3)CNC1=O)C2(C)C. The van der Waals surface area contributed by atoms with Crippen LogP contribution in [0.3, 0.4) is 0 Å². The summed E-state index contributed by atoms with van der Waals surface area (Å²) in [4.78, 5) is 38.9. The molecular formula is C26H43N7O4S. The molecule has 2 heterocycles. The summed E-state index contributed by atoms with van der Waals surface area (Å²) in [6, 6.07) is -2.56. The molecule has 12 heteroatoms. The van der Waals surface area contributed by atoms with Crippen molar-refractivity contribution in [3.63, 3.8) is 0 Å². The van der Waals surface area contributed by atoms with Crippen molar-refractivity contribution < 1.29 is 19.5 Å². The number of hydrogen-bond acceptors (Lipinski definition) is 8. The van der Waals surface area contributed by atoms with Crippen LogP contribution in [-0.2, 0) is 27.5 Å². The van der Waals surface area contributed by atoms with Crippen molar-refractivity contribution in [3.05, 3.63) is 23.5 Å². The number of allylic oxidation sites excluding steroid dienone is 2. The number of fused-ring (bicyclic) bond motifs is 4. The van der Waals surface area contributed by atoms with Crippen molar-refractivity contribution in [2.75, 3.05) is 18.6 Å². The van der Waals surface area contributed by atoms with E-state index < -0.39 is 30.1 Å². The quantitative estimate of drug-likeness (QED) is 0.345. The van der Waals surface area contributed by atoms with E-state index in [0.717, 1.165) is 19.3 Å². The highest BCUT2D eigenvalue weighted by atomic mass is 32.2. The number of aliphatic hydroxyl groups excluding tert-OH is 1. The molecule has 1 aliphatic carbocycles. The van der Waals surface area contributed by atoms with E-state index in [1.807, 2.05) is 12.5 Å². The molecule has 3 rings (SSSR count). The molecule has 1 aliphatic heterocycles. The van der Waals surface area contributed by atoms with E-state index in [0.29, 0.717) is 36.9 Å². The predicted molar refractivity (Wildman–Crippen MR) is 147 cm³/mol. The molecule has 11 nitrogen and oxygen atoms in total. The first kappa shape index (κ1) is 30.1. The Bertz CT molecular complexity index is 1010. The number of nitrogens with zero attached hydrogens (tertiary/aromatic N) is 3. The van der Waals surface area contributed by atoms with Gasteiger partial charge in [-0.2, -0.15) is 11.8 Å². The maximum absolute atomic E-state index is 13.1. The van der Waals surface area contributed by atoms with Crippen LogP contribution in [0, 0.1) is 11.3 Å². The molecule has 5 N–H and O–H groups in total. The van der Waals surface area contributed by atoms with Crippen LogP contribution in [0.15, 0.2) is 17.8 Å². The van der Waals surface area contributed by atoms with Gasteiger partial charge in [0.1, 0.15) is 17.8 Å². The van der Waals surface area contributed by atoms with Gasteiger partial charge >= 0.3 is 0 Å². The second-order valence-electron chi connectivity index (χ2n) is 10.9. The summed E-state index contributed by atoms with van der Waals surface area (Å²) in [6.07, 6.45) is 8.10. The molecule has 0 unspecified atom stereocenters. The van der Waals surface area contributed by atoms with E-state index >= 15 is 0 Å². The number of aryl methyl sites for hydroxylation is 1. The maximum atomic E-state index is 13.1. The molecule has 38 heavy (non-hydrogen) atoms. The number of rotatable bonds is 4. The monoisotopic (exact) mass is 549 g/mol. The van der Waals surface area contributed by atoms with Gasteiger partial charge in [0.15, 0.2) is 0 Å². The highest BCUT2D eigenvalue weighted by molar-refractivity contribution is 7.98. The van der Waals surface area contributed by atoms with Gasteiger partial charge < -0.3 is 26.4 Å². The van der Waals surface area contributed by atoms with Crippen LogP contribution in [0.5, 0.6) is 0 Å². The lowest BCUT2D eigenvalue weighted by molar-refractivity contribution is -0.134. The van der Waals surface area contributed by atoms with Crippen LogP contribution in [0.1, 0.15) is 59.1 Å². The largest absolute Gasteiger partial charge is 0.391 e. The number of hydrogen-bond donors (Lipinski definition) is 5. The minimum absolute atomic E-state index is 0.0323. The van der Waals surface area contributed by atoms with Crippen LogP contribution in [0.25, 0.3) is 0 Å². The number of carbonyl (C=O) groups is 3. The summed E-state index contributed by atoms with van der Waals surface area (Å²) >= 11 is 1.56. The zero-order chi connectivity index (χ0) is 27.9. The standard InChI is InChI=1S/C26H43N7O4S/c1-16-23(35)30-22(17(2)34)25(37)29-21(10-13-38-5)24(36)28-14-20-15-33(32-31-20)12-9-19-7-6-18(8-11-27-16)26(19,3)4/h7,15-18,21-22,27,34H,6,8-14H2,1-5H3,(H,28,36)(H,29,37)(H,30,35)/t16-,17+,18+,21-,22-/m0/s1. The first-order valence-corrected chi connectivity index (χ1v) is 14.8. The fraction of sp³-hybridized carbons (Fsp3) is 0.731. The number of thioether (sulfide) groups is 1. The van der Waals surface area contributed by atoms with E-state index in [1.54, 1.807) is 23.4 Å². The van der Waals surface area contributed by atoms with Crippen molar-refractivity contribution >= 4 is 29.5 Å². The molecule has 5 atom stereocenters. The number of aromatic nitrogens is 3. The lowest BCUT2D eigenvalue weighted by Gasteiger charge is -2.32. The Labute approximate surface area is 229 Å². The van der Waals surface area contributed by atoms with Gasteiger partial charge in [-0.15, -0.1) is 5.10 Å². The Balaban J connectivity index is 1.80. The normalized spacial score (nSPS) is 28.4. The van der Waals surface area contributed by atoms with Crippen molar-refractivity contribution in [2.45, 2.75) is 90.7 Å². The van der Waals surface area contributed by atoms with Crippen LogP contribution >= 0.6 is 11.8 Å². The average Bonchev–Trinajstić information content (AvgIpc) is 3.44. The van der Waals surface area contributed by atoms with Crippen molar-refractivity contribution in [3.8, 4) is 0 Å². The summed E-state index contributed by atoms with van der Waals surface area (Å²) in [6.45, 7) is 9.25. The molecule has 1 aromatic rings. The first-order chi connectivity index (χ1) is 18.0. The van der Waals surface area contributed by atoms with Gasteiger partial charge in [-0.25, -0.2) is 0 Å². The molecule has 1 aromatic heterocycles. The van der Waals surface area contributed by atoms with Gasteiger partial charge in [-0.3, -0.25) is 19.1 Å². The topological polar surface area (TPSA) is 150 Å². The molecule has 0 spiro atoms. The van der Waals surface area contributed by atoms with Gasteiger partial charge in [-0.1, -0.05) is 30.7 Å². The smallest absolute Gasteiger partial charge is 0.245 e. The molecule has 0 radical (unpaired) electrons. The highest BCUT2D eigenvalue weighted by Crippen LogP contribution is 2.46. The summed E-state index contributed by atoms with van der Waals surface area (Å²) < 4.78 is 1.80. The molecule has 0 fully saturated rings. The summed E-state index contributed by atoms with van der Waals surface area (Å²) in [5.74, 6) is -0.250. The Morgan fingerprint density at radius 3 is 2.68 bits per heavy atom. The number of nitrogens with one attached hydrogen (secondary N) is 4. The number of amides is 3. The van der Waals surface area contributed by atoms with Gasteiger partial charge in [0.2, 0.25) is 17.7 Å². The first-order valence-electron chi connectivity index (χ1n) is 13.4. The minimum atomic E-state index is -1.19. The fourth-order valence-electron chi connectivity index (χ4n) is 5.09.